The maximum absolute atomic E-state index is 12.1. The number of esters is 1. The van der Waals surface area contributed by atoms with Crippen LogP contribution in [-0.2, 0) is 36.0 Å². The summed E-state index contributed by atoms with van der Waals surface area (Å²) in [5, 5.41) is 18.8. The van der Waals surface area contributed by atoms with Crippen LogP contribution in [0.3, 0.4) is 0 Å². The lowest BCUT2D eigenvalue weighted by molar-refractivity contribution is -0.145. The molecular formula is C22H35NO7S. The van der Waals surface area contributed by atoms with Crippen LogP contribution in [0, 0.1) is 11.3 Å². The number of carboxylic acids is 1. The lowest BCUT2D eigenvalue weighted by Gasteiger charge is -2.28. The average molecular weight is 458 g/mol. The number of aromatic nitrogens is 1. The lowest BCUT2D eigenvalue weighted by atomic mass is 9.78. The molecule has 2 N–H and O–H groups in total. The standard InChI is InChI=1S/C22H35NO7S/c1-16(19(25)30-5)14-17-8-6-9-18(23-17)22(4,20(26)27)11-7-10-21(2,3)15-31(28,29)13-12-24/h6,8-9,16,24H,7,10-15H2,1-5H3,(H,26,27)/t16-,22?/m1/s1. The second-order valence-corrected chi connectivity index (χ2v) is 11.3. The molecule has 0 saturated carbocycles. The van der Waals surface area contributed by atoms with E-state index in [-0.39, 0.29) is 23.9 Å². The Morgan fingerprint density at radius 2 is 1.84 bits per heavy atom. The third kappa shape index (κ3) is 8.22. The number of aliphatic hydroxyl groups is 1. The molecule has 0 radical (unpaired) electrons. The van der Waals surface area contributed by atoms with Crippen molar-refractivity contribution in [1.29, 1.82) is 0 Å². The number of nitrogens with zero attached hydrogens (tertiary/aromatic N) is 1. The third-order valence-corrected chi connectivity index (χ3v) is 7.53. The van der Waals surface area contributed by atoms with E-state index >= 15 is 0 Å². The van der Waals surface area contributed by atoms with Crippen LogP contribution in [0.15, 0.2) is 18.2 Å². The zero-order chi connectivity index (χ0) is 23.9. The van der Waals surface area contributed by atoms with Gasteiger partial charge in [-0.2, -0.15) is 0 Å². The second kappa shape index (κ2) is 11.0. The van der Waals surface area contributed by atoms with Gasteiger partial charge in [-0.25, -0.2) is 8.42 Å². The first-order valence-corrected chi connectivity index (χ1v) is 12.2. The number of hydrogen-bond acceptors (Lipinski definition) is 7. The zero-order valence-electron chi connectivity index (χ0n) is 19.1. The maximum atomic E-state index is 12.1. The summed E-state index contributed by atoms with van der Waals surface area (Å²) in [6.07, 6.45) is 1.63. The molecule has 9 heteroatoms. The normalized spacial score (nSPS) is 15.2. The number of carboxylic acid groups (broad SMARTS) is 1. The highest BCUT2D eigenvalue weighted by Crippen LogP contribution is 2.33. The number of methoxy groups -OCH3 is 1. The van der Waals surface area contributed by atoms with E-state index < -0.39 is 39.2 Å². The van der Waals surface area contributed by atoms with Crippen molar-refractivity contribution in [2.24, 2.45) is 11.3 Å². The Morgan fingerprint density at radius 1 is 1.19 bits per heavy atom. The smallest absolute Gasteiger partial charge is 0.315 e. The number of aliphatic hydroxyl groups excluding tert-OH is 1. The van der Waals surface area contributed by atoms with Gasteiger partial charge in [-0.1, -0.05) is 33.3 Å². The maximum Gasteiger partial charge on any atom is 0.315 e. The number of hydrogen-bond donors (Lipinski definition) is 2. The van der Waals surface area contributed by atoms with Crippen LogP contribution in [0.1, 0.15) is 58.3 Å². The number of aliphatic carboxylic acids is 1. The van der Waals surface area contributed by atoms with Crippen molar-refractivity contribution in [1.82, 2.24) is 4.98 Å². The van der Waals surface area contributed by atoms with Crippen molar-refractivity contribution in [3.63, 3.8) is 0 Å². The van der Waals surface area contributed by atoms with Gasteiger partial charge in [-0.15, -0.1) is 0 Å². The highest BCUT2D eigenvalue weighted by atomic mass is 32.2. The minimum absolute atomic E-state index is 0.0660. The molecule has 0 aliphatic rings. The summed E-state index contributed by atoms with van der Waals surface area (Å²) < 4.78 is 28.8. The monoisotopic (exact) mass is 457 g/mol. The molecule has 0 aliphatic carbocycles. The van der Waals surface area contributed by atoms with Gasteiger partial charge < -0.3 is 14.9 Å². The third-order valence-electron chi connectivity index (χ3n) is 5.51. The minimum Gasteiger partial charge on any atom is -0.481 e. The van der Waals surface area contributed by atoms with Gasteiger partial charge in [0.15, 0.2) is 9.84 Å². The number of carbonyl (C=O) groups is 2. The highest BCUT2D eigenvalue weighted by Gasteiger charge is 2.37. The quantitative estimate of drug-likeness (QED) is 0.432. The van der Waals surface area contributed by atoms with Gasteiger partial charge in [-0.3, -0.25) is 14.6 Å². The number of ether oxygens (including phenoxy) is 1. The molecule has 0 aliphatic heterocycles. The van der Waals surface area contributed by atoms with E-state index in [2.05, 4.69) is 4.98 Å². The fourth-order valence-corrected chi connectivity index (χ4v) is 5.40. The van der Waals surface area contributed by atoms with E-state index in [1.807, 2.05) is 13.8 Å². The van der Waals surface area contributed by atoms with Gasteiger partial charge in [-0.05, 0) is 37.3 Å². The van der Waals surface area contributed by atoms with Gasteiger partial charge in [0.1, 0.15) is 5.41 Å². The average Bonchev–Trinajstić information content (AvgIpc) is 2.65. The number of pyridine rings is 1. The van der Waals surface area contributed by atoms with Crippen LogP contribution in [0.2, 0.25) is 0 Å². The predicted molar refractivity (Wildman–Crippen MR) is 117 cm³/mol. The molecule has 0 aromatic carbocycles. The Hall–Kier alpha value is -2.00. The summed E-state index contributed by atoms with van der Waals surface area (Å²) in [4.78, 5) is 28.3. The van der Waals surface area contributed by atoms with E-state index in [9.17, 15) is 23.1 Å². The summed E-state index contributed by atoms with van der Waals surface area (Å²) in [7, 11) is -2.05. The van der Waals surface area contributed by atoms with Crippen molar-refractivity contribution in [2.45, 2.75) is 58.8 Å². The molecule has 0 bridgehead atoms. The Morgan fingerprint density at radius 3 is 2.39 bits per heavy atom. The van der Waals surface area contributed by atoms with E-state index in [1.165, 1.54) is 7.11 Å². The predicted octanol–water partition coefficient (Wildman–Crippen LogP) is 2.38. The summed E-state index contributed by atoms with van der Waals surface area (Å²) in [6.45, 7) is 6.58. The number of carbonyl (C=O) groups excluding carboxylic acids is 1. The largest absolute Gasteiger partial charge is 0.481 e. The first-order valence-electron chi connectivity index (χ1n) is 10.4. The Bertz CT molecular complexity index is 866. The first-order chi connectivity index (χ1) is 14.3. The van der Waals surface area contributed by atoms with E-state index in [0.717, 1.165) is 0 Å². The number of sulfone groups is 1. The molecule has 31 heavy (non-hydrogen) atoms. The van der Waals surface area contributed by atoms with Gasteiger partial charge >= 0.3 is 11.9 Å². The highest BCUT2D eigenvalue weighted by molar-refractivity contribution is 7.91. The van der Waals surface area contributed by atoms with Gasteiger partial charge in [0, 0.05) is 12.1 Å². The van der Waals surface area contributed by atoms with E-state index in [1.54, 1.807) is 32.0 Å². The molecule has 0 fully saturated rings. The van der Waals surface area contributed by atoms with Crippen LogP contribution < -0.4 is 0 Å². The van der Waals surface area contributed by atoms with Crippen molar-refractivity contribution < 1.29 is 33.0 Å². The molecule has 176 valence electrons. The van der Waals surface area contributed by atoms with Crippen molar-refractivity contribution in [3.05, 3.63) is 29.6 Å². The van der Waals surface area contributed by atoms with Crippen molar-refractivity contribution in [3.8, 4) is 0 Å². The molecule has 1 heterocycles. The Balaban J connectivity index is 2.94. The van der Waals surface area contributed by atoms with Gasteiger partial charge in [0.05, 0.1) is 36.8 Å². The van der Waals surface area contributed by atoms with Crippen LogP contribution in [0.4, 0.5) is 0 Å². The van der Waals surface area contributed by atoms with E-state index in [4.69, 9.17) is 9.84 Å². The van der Waals surface area contributed by atoms with Gasteiger partial charge in [0.2, 0.25) is 0 Å². The fourth-order valence-electron chi connectivity index (χ4n) is 3.64. The topological polar surface area (TPSA) is 131 Å². The van der Waals surface area contributed by atoms with Crippen LogP contribution in [-0.4, -0.2) is 60.8 Å². The molecule has 2 atom stereocenters. The Labute approximate surface area is 185 Å². The van der Waals surface area contributed by atoms with Gasteiger partial charge in [0.25, 0.3) is 0 Å². The van der Waals surface area contributed by atoms with E-state index in [0.29, 0.717) is 30.7 Å². The number of rotatable bonds is 13. The molecule has 1 rings (SSSR count). The Kier molecular flexibility index (Phi) is 9.63. The summed E-state index contributed by atoms with van der Waals surface area (Å²) in [6, 6.07) is 5.14. The van der Waals surface area contributed by atoms with Crippen LogP contribution in [0.5, 0.6) is 0 Å². The molecular weight excluding hydrogens is 422 g/mol. The second-order valence-electron chi connectivity index (χ2n) is 9.11. The molecule has 0 spiro atoms. The summed E-state index contributed by atoms with van der Waals surface area (Å²) >= 11 is 0. The molecule has 1 aromatic rings. The van der Waals surface area contributed by atoms with Crippen molar-refractivity contribution in [2.75, 3.05) is 25.2 Å². The molecule has 8 nitrogen and oxygen atoms in total. The zero-order valence-corrected chi connectivity index (χ0v) is 19.9. The van der Waals surface area contributed by atoms with Crippen molar-refractivity contribution >= 4 is 21.8 Å². The molecule has 1 unspecified atom stereocenters. The van der Waals surface area contributed by atoms with Crippen LogP contribution in [0.25, 0.3) is 0 Å². The molecule has 0 saturated heterocycles. The fraction of sp³-hybridized carbons (Fsp3) is 0.682. The summed E-state index contributed by atoms with van der Waals surface area (Å²) in [5.74, 6) is -2.10. The first kappa shape index (κ1) is 27.0. The molecule has 0 amide bonds. The minimum atomic E-state index is -3.37. The van der Waals surface area contributed by atoms with Crippen LogP contribution >= 0.6 is 0 Å². The molecule has 1 aromatic heterocycles. The lowest BCUT2D eigenvalue weighted by Crippen LogP contribution is -2.34. The summed E-state index contributed by atoms with van der Waals surface area (Å²) in [5.41, 5.74) is -0.776. The SMILES string of the molecule is COC(=O)[C@H](C)Cc1cccc(C(C)(CCCC(C)(C)CS(=O)(=O)CCO)C(=O)O)n1.